The summed E-state index contributed by atoms with van der Waals surface area (Å²) < 4.78 is 26.7. The third kappa shape index (κ3) is 5.30. The maximum absolute atomic E-state index is 13.0. The number of thiophene rings is 1. The van der Waals surface area contributed by atoms with Crippen LogP contribution in [0.25, 0.3) is 0 Å². The average Bonchev–Trinajstić information content (AvgIpc) is 3.16. The van der Waals surface area contributed by atoms with Gasteiger partial charge in [0, 0.05) is 43.7 Å². The first-order valence-corrected chi connectivity index (χ1v) is 13.2. The van der Waals surface area contributed by atoms with Crippen LogP contribution in [-0.4, -0.2) is 69.2 Å². The fraction of sp³-hybridized carbons (Fsp3) is 0.409. The molecule has 0 fully saturated rings. The molecule has 0 saturated heterocycles. The molecule has 3 N–H and O–H groups in total. The second-order valence-electron chi connectivity index (χ2n) is 7.80. The summed E-state index contributed by atoms with van der Waals surface area (Å²) in [7, 11) is -0.252. The molecule has 10 nitrogen and oxygen atoms in total. The molecule has 0 radical (unpaired) electrons. The molecule has 0 saturated carbocycles. The highest BCUT2D eigenvalue weighted by molar-refractivity contribution is 7.89. The lowest BCUT2D eigenvalue weighted by molar-refractivity contribution is 0.0964. The van der Waals surface area contributed by atoms with Gasteiger partial charge in [-0.05, 0) is 43.3 Å². The van der Waals surface area contributed by atoms with E-state index in [1.54, 1.807) is 13.8 Å². The largest absolute Gasteiger partial charge is 0.341 e. The van der Waals surface area contributed by atoms with Crippen LogP contribution in [0.15, 0.2) is 29.2 Å². The summed E-state index contributed by atoms with van der Waals surface area (Å²) in [6.07, 6.45) is 0.618. The molecule has 2 heterocycles. The number of likely N-dealkylation sites (N-methyl/N-ethyl adjacent to an activating group) is 1. The second kappa shape index (κ2) is 10.6. The van der Waals surface area contributed by atoms with Gasteiger partial charge in [-0.1, -0.05) is 13.8 Å². The molecule has 0 unspecified atom stereocenters. The van der Waals surface area contributed by atoms with Crippen molar-refractivity contribution in [3.8, 4) is 0 Å². The van der Waals surface area contributed by atoms with Gasteiger partial charge in [-0.25, -0.2) is 13.2 Å². The molecule has 184 valence electrons. The Morgan fingerprint density at radius 1 is 1.09 bits per heavy atom. The third-order valence-corrected chi connectivity index (χ3v) is 8.81. The number of sulfonamides is 1. The summed E-state index contributed by atoms with van der Waals surface area (Å²) in [6, 6.07) is 5.04. The molecule has 0 spiro atoms. The predicted octanol–water partition coefficient (Wildman–Crippen LogP) is 2.09. The molecule has 1 aromatic heterocycles. The highest BCUT2D eigenvalue weighted by Crippen LogP contribution is 2.37. The number of imide groups is 1. The number of hydrogen-bond acceptors (Lipinski definition) is 7. The van der Waals surface area contributed by atoms with E-state index < -0.39 is 27.9 Å². The molecular weight excluding hydrogens is 478 g/mol. The molecule has 2 aromatic rings. The molecule has 0 atom stereocenters. The summed E-state index contributed by atoms with van der Waals surface area (Å²) in [5.41, 5.74) is 1.35. The molecule has 1 aliphatic rings. The zero-order chi connectivity index (χ0) is 25.0. The number of amides is 4. The van der Waals surface area contributed by atoms with Gasteiger partial charge in [0.2, 0.25) is 10.0 Å². The van der Waals surface area contributed by atoms with Gasteiger partial charge in [-0.2, -0.15) is 4.31 Å². The van der Waals surface area contributed by atoms with Gasteiger partial charge in [0.1, 0.15) is 5.00 Å². The Labute approximate surface area is 203 Å². The molecular formula is C22H29N5O5S2. The van der Waals surface area contributed by atoms with Crippen molar-refractivity contribution >= 4 is 44.2 Å². The Balaban J connectivity index is 1.88. The summed E-state index contributed by atoms with van der Waals surface area (Å²) in [6.45, 7) is 5.60. The van der Waals surface area contributed by atoms with Gasteiger partial charge in [0.15, 0.2) is 0 Å². The highest BCUT2D eigenvalue weighted by Gasteiger charge is 2.29. The van der Waals surface area contributed by atoms with Crippen molar-refractivity contribution < 1.29 is 22.8 Å². The number of benzene rings is 1. The van der Waals surface area contributed by atoms with Crippen molar-refractivity contribution in [1.29, 1.82) is 0 Å². The SMILES string of the molecule is CCN(CC)S(=O)(=O)c1ccc(C(=O)Nc2sc3c(c2C(=O)NC(=O)NC)CCN(C)C3)cc1. The van der Waals surface area contributed by atoms with Crippen LogP contribution in [0, 0.1) is 0 Å². The van der Waals surface area contributed by atoms with Gasteiger partial charge in [0.05, 0.1) is 10.5 Å². The Morgan fingerprint density at radius 3 is 2.32 bits per heavy atom. The smallest absolute Gasteiger partial charge is 0.321 e. The molecule has 12 heteroatoms. The van der Waals surface area contributed by atoms with Crippen LogP contribution < -0.4 is 16.0 Å². The van der Waals surface area contributed by atoms with E-state index in [1.165, 1.54) is 47.0 Å². The van der Waals surface area contributed by atoms with Crippen LogP contribution >= 0.6 is 11.3 Å². The zero-order valence-electron chi connectivity index (χ0n) is 19.6. The van der Waals surface area contributed by atoms with E-state index in [0.29, 0.717) is 31.1 Å². The maximum Gasteiger partial charge on any atom is 0.321 e. The fourth-order valence-corrected chi connectivity index (χ4v) is 6.53. The number of fused-ring (bicyclic) bond motifs is 1. The molecule has 34 heavy (non-hydrogen) atoms. The zero-order valence-corrected chi connectivity index (χ0v) is 21.2. The Kier molecular flexibility index (Phi) is 8.08. The lowest BCUT2D eigenvalue weighted by atomic mass is 10.0. The summed E-state index contributed by atoms with van der Waals surface area (Å²) >= 11 is 1.30. The quantitative estimate of drug-likeness (QED) is 0.527. The number of nitrogens with one attached hydrogen (secondary N) is 3. The van der Waals surface area contributed by atoms with Crippen molar-refractivity contribution in [3.63, 3.8) is 0 Å². The minimum absolute atomic E-state index is 0.105. The second-order valence-corrected chi connectivity index (χ2v) is 10.8. The van der Waals surface area contributed by atoms with E-state index in [9.17, 15) is 22.8 Å². The molecule has 1 aliphatic heterocycles. The van der Waals surface area contributed by atoms with Crippen molar-refractivity contribution in [1.82, 2.24) is 19.8 Å². The van der Waals surface area contributed by atoms with Gasteiger partial charge in [-0.15, -0.1) is 11.3 Å². The number of anilines is 1. The number of carbonyl (C=O) groups is 3. The lowest BCUT2D eigenvalue weighted by Gasteiger charge is -2.22. The minimum atomic E-state index is -3.63. The highest BCUT2D eigenvalue weighted by atomic mass is 32.2. The number of urea groups is 1. The molecule has 3 rings (SSSR count). The van der Waals surface area contributed by atoms with E-state index in [-0.39, 0.29) is 16.0 Å². The summed E-state index contributed by atoms with van der Waals surface area (Å²) in [5, 5.41) is 7.76. The van der Waals surface area contributed by atoms with E-state index in [4.69, 9.17) is 0 Å². The first kappa shape index (κ1) is 25.8. The average molecular weight is 508 g/mol. The van der Waals surface area contributed by atoms with Crippen LogP contribution in [0.1, 0.15) is 45.0 Å². The van der Waals surface area contributed by atoms with Crippen LogP contribution in [0.3, 0.4) is 0 Å². The molecule has 0 aliphatic carbocycles. The van der Waals surface area contributed by atoms with Crippen molar-refractivity contribution in [2.75, 3.05) is 39.0 Å². The minimum Gasteiger partial charge on any atom is -0.341 e. The summed E-state index contributed by atoms with van der Waals surface area (Å²) in [5.74, 6) is -1.06. The molecule has 1 aromatic carbocycles. The number of hydrogen-bond donors (Lipinski definition) is 3. The number of carbonyl (C=O) groups excluding carboxylic acids is 3. The first-order valence-electron chi connectivity index (χ1n) is 10.9. The Hall–Kier alpha value is -2.80. The third-order valence-electron chi connectivity index (χ3n) is 5.62. The van der Waals surface area contributed by atoms with Crippen LogP contribution in [-0.2, 0) is 23.0 Å². The van der Waals surface area contributed by atoms with Crippen molar-refractivity contribution in [2.45, 2.75) is 31.7 Å². The van der Waals surface area contributed by atoms with Gasteiger partial charge in [0.25, 0.3) is 11.8 Å². The Morgan fingerprint density at radius 2 is 1.74 bits per heavy atom. The lowest BCUT2D eigenvalue weighted by Crippen LogP contribution is -2.38. The first-order chi connectivity index (χ1) is 16.1. The van der Waals surface area contributed by atoms with Crippen molar-refractivity contribution in [2.24, 2.45) is 0 Å². The number of rotatable bonds is 7. The van der Waals surface area contributed by atoms with E-state index in [2.05, 4.69) is 20.9 Å². The van der Waals surface area contributed by atoms with E-state index >= 15 is 0 Å². The van der Waals surface area contributed by atoms with E-state index in [0.717, 1.165) is 17.0 Å². The van der Waals surface area contributed by atoms with Gasteiger partial charge < -0.3 is 15.5 Å². The van der Waals surface area contributed by atoms with E-state index in [1.807, 2.05) is 7.05 Å². The normalized spacial score (nSPS) is 13.9. The van der Waals surface area contributed by atoms with Gasteiger partial charge >= 0.3 is 6.03 Å². The molecule has 4 amide bonds. The molecule has 0 bridgehead atoms. The van der Waals surface area contributed by atoms with Crippen LogP contribution in [0.4, 0.5) is 9.80 Å². The predicted molar refractivity (Wildman–Crippen MR) is 131 cm³/mol. The van der Waals surface area contributed by atoms with Crippen LogP contribution in [0.5, 0.6) is 0 Å². The van der Waals surface area contributed by atoms with Crippen LogP contribution in [0.2, 0.25) is 0 Å². The number of nitrogens with zero attached hydrogens (tertiary/aromatic N) is 2. The topological polar surface area (TPSA) is 128 Å². The summed E-state index contributed by atoms with van der Waals surface area (Å²) in [4.78, 5) is 40.7. The Bertz CT molecular complexity index is 1190. The fourth-order valence-electron chi connectivity index (χ4n) is 3.75. The monoisotopic (exact) mass is 507 g/mol. The van der Waals surface area contributed by atoms with Gasteiger partial charge in [-0.3, -0.25) is 14.9 Å². The standard InChI is InChI=1S/C22H29N5O5S2/c1-5-27(6-2)34(31,32)15-9-7-14(8-10-15)19(28)24-21-18(20(29)25-22(30)23-3)16-11-12-26(4)13-17(16)33-21/h7-10H,5-6,11-13H2,1-4H3,(H,24,28)(H2,23,25,29,30). The van der Waals surface area contributed by atoms with Crippen molar-refractivity contribution in [3.05, 3.63) is 45.8 Å². The maximum atomic E-state index is 13.0.